The third-order valence-electron chi connectivity index (χ3n) is 2.39. The molecule has 0 unspecified atom stereocenters. The Balaban J connectivity index is 2.47. The number of benzene rings is 1. The lowest BCUT2D eigenvalue weighted by Crippen LogP contribution is -2.46. The highest BCUT2D eigenvalue weighted by Crippen LogP contribution is 2.31. The van der Waals surface area contributed by atoms with Crippen molar-refractivity contribution in [3.05, 3.63) is 18.2 Å². The average Bonchev–Trinajstić information content (AvgIpc) is 2.29. The molecule has 90 valence electrons. The summed E-state index contributed by atoms with van der Waals surface area (Å²) in [5.74, 6) is -0.432. The van der Waals surface area contributed by atoms with Crippen molar-refractivity contribution in [2.45, 2.75) is 0 Å². The topological polar surface area (TPSA) is 81.9 Å². The van der Waals surface area contributed by atoms with E-state index in [0.29, 0.717) is 17.1 Å². The van der Waals surface area contributed by atoms with Crippen LogP contribution in [0.3, 0.4) is 0 Å². The van der Waals surface area contributed by atoms with Gasteiger partial charge in [-0.2, -0.15) is 0 Å². The lowest BCUT2D eigenvalue weighted by Gasteiger charge is -2.26. The average molecular weight is 236 g/mol. The first kappa shape index (κ1) is 11.4. The summed E-state index contributed by atoms with van der Waals surface area (Å²) in [5, 5.41) is 0. The Morgan fingerprint density at radius 2 is 1.94 bits per heavy atom. The highest BCUT2D eigenvalue weighted by molar-refractivity contribution is 6.18. The Labute approximate surface area is 97.9 Å². The molecule has 0 radical (unpaired) electrons. The van der Waals surface area contributed by atoms with E-state index in [2.05, 4.69) is 0 Å². The second-order valence-electron chi connectivity index (χ2n) is 3.55. The van der Waals surface area contributed by atoms with Gasteiger partial charge in [-0.25, -0.2) is 4.90 Å². The number of nitrogens with zero attached hydrogens (tertiary/aromatic N) is 1. The van der Waals surface area contributed by atoms with Gasteiger partial charge in [-0.1, -0.05) is 0 Å². The summed E-state index contributed by atoms with van der Waals surface area (Å²) in [4.78, 5) is 24.4. The van der Waals surface area contributed by atoms with E-state index in [-0.39, 0.29) is 13.2 Å². The van der Waals surface area contributed by atoms with Gasteiger partial charge in [0.2, 0.25) is 0 Å². The van der Waals surface area contributed by atoms with Crippen LogP contribution in [0.25, 0.3) is 0 Å². The van der Waals surface area contributed by atoms with E-state index >= 15 is 0 Å². The molecule has 0 bridgehead atoms. The van der Waals surface area contributed by atoms with E-state index in [1.54, 1.807) is 12.1 Å². The van der Waals surface area contributed by atoms with E-state index in [0.717, 1.165) is 4.90 Å². The van der Waals surface area contributed by atoms with Gasteiger partial charge in [0.25, 0.3) is 11.8 Å². The molecular weight excluding hydrogens is 224 g/mol. The first-order chi connectivity index (χ1) is 8.13. The molecule has 2 rings (SSSR count). The van der Waals surface area contributed by atoms with E-state index < -0.39 is 11.8 Å². The SMILES string of the molecule is COc1ccc(N)cc1N1C(=O)COCC1=O. The van der Waals surface area contributed by atoms with Crippen LogP contribution >= 0.6 is 0 Å². The van der Waals surface area contributed by atoms with Crippen molar-refractivity contribution in [3.8, 4) is 5.75 Å². The number of carbonyl (C=O) groups excluding carboxylic acids is 2. The number of imide groups is 1. The van der Waals surface area contributed by atoms with Crippen molar-refractivity contribution in [1.82, 2.24) is 0 Å². The maximum atomic E-state index is 11.7. The lowest BCUT2D eigenvalue weighted by molar-refractivity contribution is -0.138. The van der Waals surface area contributed by atoms with Crippen LogP contribution in [0.2, 0.25) is 0 Å². The molecule has 1 aliphatic rings. The summed E-state index contributed by atoms with van der Waals surface area (Å²) in [6.45, 7) is -0.243. The second-order valence-corrected chi connectivity index (χ2v) is 3.55. The molecule has 17 heavy (non-hydrogen) atoms. The predicted octanol–water partition coefficient (Wildman–Crippen LogP) is 0.167. The predicted molar refractivity (Wildman–Crippen MR) is 60.7 cm³/mol. The minimum Gasteiger partial charge on any atom is -0.495 e. The molecule has 1 aromatic rings. The number of nitrogens with two attached hydrogens (primary N) is 1. The van der Waals surface area contributed by atoms with Gasteiger partial charge in [-0.3, -0.25) is 9.59 Å². The van der Waals surface area contributed by atoms with Gasteiger partial charge in [0, 0.05) is 5.69 Å². The highest BCUT2D eigenvalue weighted by atomic mass is 16.5. The quantitative estimate of drug-likeness (QED) is 0.584. The molecule has 0 aromatic heterocycles. The molecule has 6 heteroatoms. The normalized spacial score (nSPS) is 16.2. The molecule has 2 amide bonds. The molecule has 0 aliphatic carbocycles. The first-order valence-corrected chi connectivity index (χ1v) is 5.00. The Hall–Kier alpha value is -2.08. The zero-order valence-corrected chi connectivity index (χ0v) is 9.30. The number of carbonyl (C=O) groups is 2. The van der Waals surface area contributed by atoms with Gasteiger partial charge in [0.1, 0.15) is 19.0 Å². The van der Waals surface area contributed by atoms with Crippen LogP contribution in [0.5, 0.6) is 5.75 Å². The summed E-state index contributed by atoms with van der Waals surface area (Å²) >= 11 is 0. The molecule has 1 aromatic carbocycles. The largest absolute Gasteiger partial charge is 0.495 e. The monoisotopic (exact) mass is 236 g/mol. The van der Waals surface area contributed by atoms with Crippen molar-refractivity contribution >= 4 is 23.2 Å². The van der Waals surface area contributed by atoms with Crippen molar-refractivity contribution in [2.24, 2.45) is 0 Å². The van der Waals surface area contributed by atoms with Gasteiger partial charge in [0.05, 0.1) is 12.8 Å². The van der Waals surface area contributed by atoms with Gasteiger partial charge in [-0.05, 0) is 18.2 Å². The third-order valence-corrected chi connectivity index (χ3v) is 2.39. The molecule has 0 atom stereocenters. The van der Waals surface area contributed by atoms with E-state index in [1.165, 1.54) is 13.2 Å². The molecule has 2 N–H and O–H groups in total. The fraction of sp³-hybridized carbons (Fsp3) is 0.273. The summed E-state index contributed by atoms with van der Waals surface area (Å²) in [6, 6.07) is 4.78. The summed E-state index contributed by atoms with van der Waals surface area (Å²) in [6.07, 6.45) is 0. The minimum atomic E-state index is -0.426. The van der Waals surface area contributed by atoms with Crippen molar-refractivity contribution < 1.29 is 19.1 Å². The molecular formula is C11H12N2O4. The number of hydrogen-bond donors (Lipinski definition) is 1. The number of amides is 2. The molecule has 1 heterocycles. The van der Waals surface area contributed by atoms with Crippen molar-refractivity contribution in [2.75, 3.05) is 31.0 Å². The molecule has 6 nitrogen and oxygen atoms in total. The Morgan fingerprint density at radius 1 is 1.29 bits per heavy atom. The van der Waals surface area contributed by atoms with E-state index in [4.69, 9.17) is 15.2 Å². The molecule has 1 aliphatic heterocycles. The second kappa shape index (κ2) is 4.42. The molecule has 0 saturated carbocycles. The molecule has 1 fully saturated rings. The van der Waals surface area contributed by atoms with Crippen LogP contribution in [-0.4, -0.2) is 32.1 Å². The van der Waals surface area contributed by atoms with Crippen LogP contribution in [-0.2, 0) is 14.3 Å². The van der Waals surface area contributed by atoms with Crippen LogP contribution in [0.4, 0.5) is 11.4 Å². The number of nitrogen functional groups attached to an aromatic ring is 1. The summed E-state index contributed by atoms with van der Waals surface area (Å²) in [5.41, 5.74) is 6.45. The number of morpholine rings is 1. The Morgan fingerprint density at radius 3 is 2.53 bits per heavy atom. The maximum absolute atomic E-state index is 11.7. The van der Waals surface area contributed by atoms with Gasteiger partial charge < -0.3 is 15.2 Å². The van der Waals surface area contributed by atoms with Crippen LogP contribution < -0.4 is 15.4 Å². The maximum Gasteiger partial charge on any atom is 0.259 e. The third kappa shape index (κ3) is 2.07. The van der Waals surface area contributed by atoms with Crippen molar-refractivity contribution in [3.63, 3.8) is 0 Å². The van der Waals surface area contributed by atoms with Crippen LogP contribution in [0.15, 0.2) is 18.2 Å². The number of methoxy groups -OCH3 is 1. The van der Waals surface area contributed by atoms with Crippen LogP contribution in [0.1, 0.15) is 0 Å². The Kier molecular flexibility index (Phi) is 2.97. The van der Waals surface area contributed by atoms with Gasteiger partial charge >= 0.3 is 0 Å². The number of hydrogen-bond acceptors (Lipinski definition) is 5. The van der Waals surface area contributed by atoms with E-state index in [1.807, 2.05) is 0 Å². The standard InChI is InChI=1S/C11H12N2O4/c1-16-9-3-2-7(12)4-8(9)13-10(14)5-17-6-11(13)15/h2-4H,5-6,12H2,1H3. The zero-order valence-electron chi connectivity index (χ0n) is 9.30. The summed E-state index contributed by atoms with van der Waals surface area (Å²) in [7, 11) is 1.46. The number of anilines is 2. The van der Waals surface area contributed by atoms with Crippen LogP contribution in [0, 0.1) is 0 Å². The molecule has 1 saturated heterocycles. The smallest absolute Gasteiger partial charge is 0.259 e. The molecule has 0 spiro atoms. The van der Waals surface area contributed by atoms with Gasteiger partial charge in [0.15, 0.2) is 0 Å². The highest BCUT2D eigenvalue weighted by Gasteiger charge is 2.30. The Bertz CT molecular complexity index is 457. The lowest BCUT2D eigenvalue weighted by atomic mass is 10.2. The zero-order chi connectivity index (χ0) is 12.4. The minimum absolute atomic E-state index is 0.121. The first-order valence-electron chi connectivity index (χ1n) is 5.00. The van der Waals surface area contributed by atoms with Crippen molar-refractivity contribution in [1.29, 1.82) is 0 Å². The van der Waals surface area contributed by atoms with E-state index in [9.17, 15) is 9.59 Å². The van der Waals surface area contributed by atoms with Gasteiger partial charge in [-0.15, -0.1) is 0 Å². The summed E-state index contributed by atoms with van der Waals surface area (Å²) < 4.78 is 9.94. The number of ether oxygens (including phenoxy) is 2. The number of rotatable bonds is 2. The fourth-order valence-electron chi connectivity index (χ4n) is 1.64. The fourth-order valence-corrected chi connectivity index (χ4v) is 1.64.